The predicted molar refractivity (Wildman–Crippen MR) is 129 cm³/mol. The van der Waals surface area contributed by atoms with Gasteiger partial charge in [0.1, 0.15) is 6.54 Å². The fraction of sp³-hybridized carbons (Fsp3) is 0.185. The Morgan fingerprint density at radius 1 is 0.906 bits per heavy atom. The Bertz CT molecular complexity index is 1300. The van der Waals surface area contributed by atoms with E-state index in [-0.39, 0.29) is 24.3 Å². The number of nitrogens with zero attached hydrogens (tertiary/aromatic N) is 1. The van der Waals surface area contributed by atoms with E-state index in [1.807, 2.05) is 66.1 Å². The lowest BCUT2D eigenvalue weighted by molar-refractivity contribution is -0.117. The van der Waals surface area contributed by atoms with Gasteiger partial charge in [-0.3, -0.25) is 9.59 Å². The second-order valence-electron chi connectivity index (χ2n) is 8.38. The van der Waals surface area contributed by atoms with Crippen molar-refractivity contribution in [3.8, 4) is 11.3 Å². The van der Waals surface area contributed by atoms with E-state index >= 15 is 0 Å². The maximum Gasteiger partial charge on any atom is 0.244 e. The molecule has 1 aliphatic rings. The van der Waals surface area contributed by atoms with Gasteiger partial charge in [0.25, 0.3) is 0 Å². The molecular weight excluding hydrogens is 398 g/mol. The number of hydrogen-bond acceptors (Lipinski definition) is 2. The van der Waals surface area contributed by atoms with Gasteiger partial charge in [-0.05, 0) is 55.2 Å². The normalized spacial score (nSPS) is 13.2. The number of aryl methyl sites for hydroxylation is 1. The van der Waals surface area contributed by atoms with Crippen molar-refractivity contribution >= 4 is 34.1 Å². The molecular formula is C27H25N3O2. The number of carbonyl (C=O) groups is 2. The molecule has 1 saturated carbocycles. The van der Waals surface area contributed by atoms with Crippen molar-refractivity contribution in [3.63, 3.8) is 0 Å². The van der Waals surface area contributed by atoms with Crippen LogP contribution in [0.2, 0.25) is 0 Å². The van der Waals surface area contributed by atoms with E-state index < -0.39 is 0 Å². The van der Waals surface area contributed by atoms with E-state index in [0.717, 1.165) is 40.6 Å². The molecule has 32 heavy (non-hydrogen) atoms. The molecule has 3 aromatic carbocycles. The zero-order valence-electron chi connectivity index (χ0n) is 18.0. The van der Waals surface area contributed by atoms with Crippen molar-refractivity contribution in [2.75, 3.05) is 10.6 Å². The third-order valence-corrected chi connectivity index (χ3v) is 5.91. The fourth-order valence-electron chi connectivity index (χ4n) is 3.99. The zero-order valence-corrected chi connectivity index (χ0v) is 18.0. The highest BCUT2D eigenvalue weighted by Gasteiger charge is 2.29. The molecule has 2 N–H and O–H groups in total. The first-order chi connectivity index (χ1) is 15.6. The Labute approximate surface area is 187 Å². The van der Waals surface area contributed by atoms with Gasteiger partial charge in [-0.25, -0.2) is 0 Å². The van der Waals surface area contributed by atoms with Crippen LogP contribution in [-0.2, 0) is 16.1 Å². The van der Waals surface area contributed by atoms with Crippen LogP contribution in [0.1, 0.15) is 18.4 Å². The molecule has 2 amide bonds. The Kier molecular flexibility index (Phi) is 5.23. The number of carbonyl (C=O) groups excluding carboxylic acids is 2. The SMILES string of the molecule is Cc1ccc(NC(=O)C2CC2)cc1NC(=O)Cn1c(-c2ccccc2)cc2ccccc21. The largest absolute Gasteiger partial charge is 0.331 e. The van der Waals surface area contributed by atoms with Crippen molar-refractivity contribution in [1.82, 2.24) is 4.57 Å². The number of hydrogen-bond donors (Lipinski definition) is 2. The number of rotatable bonds is 6. The van der Waals surface area contributed by atoms with Crippen LogP contribution < -0.4 is 10.6 Å². The molecule has 1 aromatic heterocycles. The van der Waals surface area contributed by atoms with Crippen molar-refractivity contribution in [1.29, 1.82) is 0 Å². The maximum absolute atomic E-state index is 13.1. The molecule has 0 aliphatic heterocycles. The zero-order chi connectivity index (χ0) is 22.1. The van der Waals surface area contributed by atoms with Gasteiger partial charge >= 0.3 is 0 Å². The topological polar surface area (TPSA) is 63.1 Å². The van der Waals surface area contributed by atoms with Gasteiger partial charge in [0, 0.05) is 33.9 Å². The van der Waals surface area contributed by atoms with Crippen molar-refractivity contribution in [3.05, 3.63) is 84.4 Å². The molecule has 1 heterocycles. The first-order valence-corrected chi connectivity index (χ1v) is 10.9. The molecule has 5 rings (SSSR count). The molecule has 0 saturated heterocycles. The van der Waals surface area contributed by atoms with E-state index in [2.05, 4.69) is 34.9 Å². The fourth-order valence-corrected chi connectivity index (χ4v) is 3.99. The van der Waals surface area contributed by atoms with E-state index in [4.69, 9.17) is 0 Å². The average Bonchev–Trinajstić information content (AvgIpc) is 3.60. The molecule has 5 nitrogen and oxygen atoms in total. The quantitative estimate of drug-likeness (QED) is 0.424. The van der Waals surface area contributed by atoms with Crippen LogP contribution in [0.15, 0.2) is 78.9 Å². The first kappa shape index (κ1) is 20.1. The van der Waals surface area contributed by atoms with Gasteiger partial charge in [0.05, 0.1) is 0 Å². The van der Waals surface area contributed by atoms with Gasteiger partial charge in [0.15, 0.2) is 0 Å². The van der Waals surface area contributed by atoms with Crippen LogP contribution in [0.3, 0.4) is 0 Å². The van der Waals surface area contributed by atoms with Crippen LogP contribution in [0, 0.1) is 12.8 Å². The third-order valence-electron chi connectivity index (χ3n) is 5.91. The highest BCUT2D eigenvalue weighted by molar-refractivity contribution is 5.97. The molecule has 1 aliphatic carbocycles. The highest BCUT2D eigenvalue weighted by atomic mass is 16.2. The van der Waals surface area contributed by atoms with E-state index in [1.54, 1.807) is 0 Å². The van der Waals surface area contributed by atoms with E-state index in [9.17, 15) is 9.59 Å². The summed E-state index contributed by atoms with van der Waals surface area (Å²) in [6, 6.07) is 25.9. The number of benzene rings is 3. The molecule has 1 fully saturated rings. The minimum atomic E-state index is -0.114. The summed E-state index contributed by atoms with van der Waals surface area (Å²) in [5, 5.41) is 7.09. The molecule has 0 bridgehead atoms. The van der Waals surface area contributed by atoms with Gasteiger partial charge < -0.3 is 15.2 Å². The molecule has 4 aromatic rings. The van der Waals surface area contributed by atoms with Crippen molar-refractivity contribution < 1.29 is 9.59 Å². The Morgan fingerprint density at radius 3 is 2.44 bits per heavy atom. The summed E-state index contributed by atoms with van der Waals surface area (Å²) in [6.07, 6.45) is 1.91. The molecule has 0 unspecified atom stereocenters. The minimum Gasteiger partial charge on any atom is -0.331 e. The monoisotopic (exact) mass is 423 g/mol. The Balaban J connectivity index is 1.40. The number of aromatic nitrogens is 1. The molecule has 0 radical (unpaired) electrons. The number of fused-ring (bicyclic) bond motifs is 1. The number of nitrogens with one attached hydrogen (secondary N) is 2. The maximum atomic E-state index is 13.1. The summed E-state index contributed by atoms with van der Waals surface area (Å²) >= 11 is 0. The average molecular weight is 424 g/mol. The third kappa shape index (κ3) is 4.14. The molecule has 0 atom stereocenters. The van der Waals surface area contributed by atoms with Crippen molar-refractivity contribution in [2.45, 2.75) is 26.3 Å². The molecule has 5 heteroatoms. The highest BCUT2D eigenvalue weighted by Crippen LogP contribution is 2.31. The van der Waals surface area contributed by atoms with Crippen LogP contribution in [0.25, 0.3) is 22.2 Å². The van der Waals surface area contributed by atoms with Crippen LogP contribution >= 0.6 is 0 Å². The number of para-hydroxylation sites is 1. The van der Waals surface area contributed by atoms with E-state index in [1.165, 1.54) is 0 Å². The summed E-state index contributed by atoms with van der Waals surface area (Å²) in [5.41, 5.74) is 5.45. The Hall–Kier alpha value is -3.86. The first-order valence-electron chi connectivity index (χ1n) is 10.9. The lowest BCUT2D eigenvalue weighted by Crippen LogP contribution is -2.20. The summed E-state index contributed by atoms with van der Waals surface area (Å²) < 4.78 is 2.05. The summed E-state index contributed by atoms with van der Waals surface area (Å²) in [4.78, 5) is 25.2. The van der Waals surface area contributed by atoms with Gasteiger partial charge in [0.2, 0.25) is 11.8 Å². The Morgan fingerprint density at radius 2 is 1.66 bits per heavy atom. The van der Waals surface area contributed by atoms with Gasteiger partial charge in [-0.2, -0.15) is 0 Å². The van der Waals surface area contributed by atoms with E-state index in [0.29, 0.717) is 11.4 Å². The minimum absolute atomic E-state index is 0.0532. The second kappa shape index (κ2) is 8.35. The standard InChI is InChI=1S/C27H25N3O2/c1-18-11-14-22(28-27(32)20-12-13-20)16-23(18)29-26(31)17-30-24-10-6-5-9-21(24)15-25(30)19-7-3-2-4-8-19/h2-11,14-16,20H,12-13,17H2,1H3,(H,28,32)(H,29,31). The summed E-state index contributed by atoms with van der Waals surface area (Å²) in [7, 11) is 0. The van der Waals surface area contributed by atoms with Crippen LogP contribution in [0.5, 0.6) is 0 Å². The number of anilines is 2. The van der Waals surface area contributed by atoms with Crippen LogP contribution in [-0.4, -0.2) is 16.4 Å². The molecule has 0 spiro atoms. The lowest BCUT2D eigenvalue weighted by atomic mass is 10.1. The smallest absolute Gasteiger partial charge is 0.244 e. The molecule has 160 valence electrons. The number of amides is 2. The van der Waals surface area contributed by atoms with Gasteiger partial charge in [-0.15, -0.1) is 0 Å². The summed E-state index contributed by atoms with van der Waals surface area (Å²) in [5.74, 6) is 0.0718. The predicted octanol–water partition coefficient (Wildman–Crippen LogP) is 5.60. The van der Waals surface area contributed by atoms with Crippen molar-refractivity contribution in [2.24, 2.45) is 5.92 Å². The lowest BCUT2D eigenvalue weighted by Gasteiger charge is -2.14. The second-order valence-corrected chi connectivity index (χ2v) is 8.38. The van der Waals surface area contributed by atoms with Gasteiger partial charge in [-0.1, -0.05) is 54.6 Å². The van der Waals surface area contributed by atoms with Crippen LogP contribution in [0.4, 0.5) is 11.4 Å². The summed E-state index contributed by atoms with van der Waals surface area (Å²) in [6.45, 7) is 2.14.